The Morgan fingerprint density at radius 2 is 2.19 bits per heavy atom. The zero-order chi connectivity index (χ0) is 14.9. The lowest BCUT2D eigenvalue weighted by Gasteiger charge is -2.34. The van der Waals surface area contributed by atoms with Crippen LogP contribution in [0.1, 0.15) is 38.2 Å². The van der Waals surface area contributed by atoms with Gasteiger partial charge in [-0.15, -0.1) is 0 Å². The number of amides is 1. The van der Waals surface area contributed by atoms with Crippen molar-refractivity contribution in [1.29, 1.82) is 0 Å². The minimum atomic E-state index is -0.180. The van der Waals surface area contributed by atoms with Crippen molar-refractivity contribution in [3.8, 4) is 0 Å². The van der Waals surface area contributed by atoms with Crippen LogP contribution in [0, 0.1) is 0 Å². The van der Waals surface area contributed by atoms with E-state index in [4.69, 9.17) is 4.74 Å². The number of piperidine rings is 1. The van der Waals surface area contributed by atoms with Crippen molar-refractivity contribution in [2.24, 2.45) is 0 Å². The molecule has 0 bridgehead atoms. The molecule has 1 heterocycles. The van der Waals surface area contributed by atoms with E-state index in [9.17, 15) is 4.79 Å². The highest BCUT2D eigenvalue weighted by atomic mass is 16.6. The molecule has 0 unspecified atom stereocenters. The molecule has 21 heavy (non-hydrogen) atoms. The van der Waals surface area contributed by atoms with Crippen molar-refractivity contribution in [3.05, 3.63) is 35.9 Å². The Balaban J connectivity index is 1.90. The molecule has 4 heteroatoms. The van der Waals surface area contributed by atoms with Gasteiger partial charge in [0.25, 0.3) is 0 Å². The lowest BCUT2D eigenvalue weighted by molar-refractivity contribution is 0.0740. The third-order valence-corrected chi connectivity index (χ3v) is 3.90. The lowest BCUT2D eigenvalue weighted by Crippen LogP contribution is -2.49. The maximum atomic E-state index is 12.4. The number of ether oxygens (including phenoxy) is 1. The van der Waals surface area contributed by atoms with Crippen LogP contribution in [0.15, 0.2) is 30.3 Å². The Hall–Kier alpha value is -1.55. The number of benzene rings is 1. The van der Waals surface area contributed by atoms with Crippen LogP contribution in [0.5, 0.6) is 0 Å². The lowest BCUT2D eigenvalue weighted by atomic mass is 10.1. The number of rotatable bonds is 6. The van der Waals surface area contributed by atoms with Crippen molar-refractivity contribution in [3.63, 3.8) is 0 Å². The van der Waals surface area contributed by atoms with Crippen LogP contribution in [0.2, 0.25) is 0 Å². The predicted octanol–water partition coefficient (Wildman–Crippen LogP) is 3.18. The van der Waals surface area contributed by atoms with Crippen LogP contribution < -0.4 is 5.32 Å². The van der Waals surface area contributed by atoms with Gasteiger partial charge in [0.05, 0.1) is 0 Å². The van der Waals surface area contributed by atoms with Gasteiger partial charge in [-0.25, -0.2) is 4.79 Å². The third-order valence-electron chi connectivity index (χ3n) is 3.90. The number of unbranched alkanes of at least 4 members (excludes halogenated alkanes) is 1. The summed E-state index contributed by atoms with van der Waals surface area (Å²) in [6.07, 6.45) is 4.12. The number of nitrogens with zero attached hydrogens (tertiary/aromatic N) is 1. The number of carbonyl (C=O) groups is 1. The molecule has 1 N–H and O–H groups in total. The molecule has 1 aromatic carbocycles. The van der Waals surface area contributed by atoms with Crippen LogP contribution in [0.4, 0.5) is 4.79 Å². The average molecular weight is 290 g/mol. The number of hydrogen-bond donors (Lipinski definition) is 1. The quantitative estimate of drug-likeness (QED) is 0.875. The van der Waals surface area contributed by atoms with E-state index in [1.54, 1.807) is 0 Å². The molecule has 1 amide bonds. The van der Waals surface area contributed by atoms with Gasteiger partial charge in [-0.3, -0.25) is 0 Å². The van der Waals surface area contributed by atoms with Gasteiger partial charge in [0.2, 0.25) is 0 Å². The molecule has 1 aliphatic rings. The molecule has 4 nitrogen and oxygen atoms in total. The first-order valence-electron chi connectivity index (χ1n) is 7.99. The first kappa shape index (κ1) is 15.8. The summed E-state index contributed by atoms with van der Waals surface area (Å²) in [7, 11) is 0. The van der Waals surface area contributed by atoms with Gasteiger partial charge in [-0.2, -0.15) is 0 Å². The molecule has 1 aromatic rings. The minimum absolute atomic E-state index is 0.180. The summed E-state index contributed by atoms with van der Waals surface area (Å²) in [6, 6.07) is 10.1. The summed E-state index contributed by atoms with van der Waals surface area (Å²) >= 11 is 0. The molecule has 116 valence electrons. The molecule has 1 atom stereocenters. The summed E-state index contributed by atoms with van der Waals surface area (Å²) in [5.74, 6) is 0. The van der Waals surface area contributed by atoms with Crippen LogP contribution >= 0.6 is 0 Å². The van der Waals surface area contributed by atoms with Gasteiger partial charge >= 0.3 is 6.09 Å². The van der Waals surface area contributed by atoms with Crippen molar-refractivity contribution in [2.75, 3.05) is 19.6 Å². The smallest absolute Gasteiger partial charge is 0.410 e. The highest BCUT2D eigenvalue weighted by Crippen LogP contribution is 2.14. The Bertz CT molecular complexity index is 416. The molecule has 0 radical (unpaired) electrons. The normalized spacial score (nSPS) is 18.2. The molecule has 1 saturated heterocycles. The van der Waals surface area contributed by atoms with Crippen molar-refractivity contribution in [1.82, 2.24) is 10.2 Å². The number of nitrogens with one attached hydrogen (secondary N) is 1. The topological polar surface area (TPSA) is 41.6 Å². The Morgan fingerprint density at radius 3 is 2.86 bits per heavy atom. The standard InChI is InChI=1S/C17H26N2O2/c1-2-3-12-19(16-10-7-11-18-13-16)17(20)21-14-15-8-5-4-6-9-15/h4-6,8-9,16,18H,2-3,7,10-14H2,1H3/t16-/m0/s1. The Morgan fingerprint density at radius 1 is 1.38 bits per heavy atom. The highest BCUT2D eigenvalue weighted by Gasteiger charge is 2.25. The van der Waals surface area contributed by atoms with Crippen LogP contribution in [-0.2, 0) is 11.3 Å². The van der Waals surface area contributed by atoms with Crippen LogP contribution in [-0.4, -0.2) is 36.7 Å². The van der Waals surface area contributed by atoms with Crippen molar-refractivity contribution >= 4 is 6.09 Å². The highest BCUT2D eigenvalue weighted by molar-refractivity contribution is 5.68. The maximum absolute atomic E-state index is 12.4. The van der Waals surface area contributed by atoms with Gasteiger partial charge in [-0.1, -0.05) is 43.7 Å². The summed E-state index contributed by atoms with van der Waals surface area (Å²) in [5, 5.41) is 3.37. The first-order chi connectivity index (χ1) is 10.3. The molecule has 2 rings (SSSR count). The zero-order valence-electron chi connectivity index (χ0n) is 12.9. The Labute approximate surface area is 127 Å². The number of carbonyl (C=O) groups excluding carboxylic acids is 1. The molecule has 0 spiro atoms. The van der Waals surface area contributed by atoms with E-state index < -0.39 is 0 Å². The molecule has 1 fully saturated rings. The average Bonchev–Trinajstić information content (AvgIpc) is 2.55. The van der Waals surface area contributed by atoms with E-state index in [0.29, 0.717) is 6.61 Å². The second kappa shape index (κ2) is 8.67. The van der Waals surface area contributed by atoms with Gasteiger partial charge in [0.1, 0.15) is 6.61 Å². The van der Waals surface area contributed by atoms with Crippen LogP contribution in [0.25, 0.3) is 0 Å². The molecule has 0 saturated carbocycles. The maximum Gasteiger partial charge on any atom is 0.410 e. The summed E-state index contributed by atoms with van der Waals surface area (Å²) in [6.45, 7) is 5.22. The van der Waals surface area contributed by atoms with E-state index in [2.05, 4.69) is 12.2 Å². The van der Waals surface area contributed by atoms with E-state index in [-0.39, 0.29) is 12.1 Å². The monoisotopic (exact) mass is 290 g/mol. The second-order valence-corrected chi connectivity index (χ2v) is 5.59. The van der Waals surface area contributed by atoms with E-state index >= 15 is 0 Å². The molecular weight excluding hydrogens is 264 g/mol. The predicted molar refractivity (Wildman–Crippen MR) is 84.1 cm³/mol. The molecule has 0 aliphatic carbocycles. The first-order valence-corrected chi connectivity index (χ1v) is 7.99. The van der Waals surface area contributed by atoms with Gasteiger partial charge in [0, 0.05) is 19.1 Å². The third kappa shape index (κ3) is 5.05. The number of hydrogen-bond acceptors (Lipinski definition) is 3. The largest absolute Gasteiger partial charge is 0.445 e. The van der Waals surface area contributed by atoms with Crippen molar-refractivity contribution < 1.29 is 9.53 Å². The fraction of sp³-hybridized carbons (Fsp3) is 0.588. The van der Waals surface area contributed by atoms with Gasteiger partial charge < -0.3 is 15.0 Å². The summed E-state index contributed by atoms with van der Waals surface area (Å²) in [4.78, 5) is 14.3. The van der Waals surface area contributed by atoms with Gasteiger partial charge in [0.15, 0.2) is 0 Å². The van der Waals surface area contributed by atoms with E-state index in [1.807, 2.05) is 35.2 Å². The fourth-order valence-corrected chi connectivity index (χ4v) is 2.65. The van der Waals surface area contributed by atoms with E-state index in [0.717, 1.165) is 50.9 Å². The summed E-state index contributed by atoms with van der Waals surface area (Å²) < 4.78 is 5.50. The minimum Gasteiger partial charge on any atom is -0.445 e. The van der Waals surface area contributed by atoms with Crippen LogP contribution in [0.3, 0.4) is 0 Å². The fourth-order valence-electron chi connectivity index (χ4n) is 2.65. The molecular formula is C17H26N2O2. The second-order valence-electron chi connectivity index (χ2n) is 5.59. The summed E-state index contributed by atoms with van der Waals surface area (Å²) in [5.41, 5.74) is 1.03. The molecule has 1 aliphatic heterocycles. The molecule has 0 aromatic heterocycles. The SMILES string of the molecule is CCCCN(C(=O)OCc1ccccc1)[C@H]1CCCNC1. The Kier molecular flexibility index (Phi) is 6.54. The zero-order valence-corrected chi connectivity index (χ0v) is 12.9. The van der Waals surface area contributed by atoms with E-state index in [1.165, 1.54) is 0 Å². The van der Waals surface area contributed by atoms with Crippen molar-refractivity contribution in [2.45, 2.75) is 45.3 Å². The van der Waals surface area contributed by atoms with Gasteiger partial charge in [-0.05, 0) is 31.4 Å².